The van der Waals surface area contributed by atoms with Crippen LogP contribution in [0.25, 0.3) is 0 Å². The number of carbonyl (C=O) groups is 2. The van der Waals surface area contributed by atoms with E-state index >= 15 is 0 Å². The maximum atomic E-state index is 13.2. The Hall–Kier alpha value is -2.27. The molecule has 2 rings (SSSR count). The minimum atomic E-state index is -0.469. The highest BCUT2D eigenvalue weighted by Gasteiger charge is 2.29. The van der Waals surface area contributed by atoms with E-state index in [2.05, 4.69) is 17.4 Å². The molecular weight excluding hydrogens is 392 g/mol. The lowest BCUT2D eigenvalue weighted by Crippen LogP contribution is -2.51. The molecule has 0 saturated carbocycles. The third kappa shape index (κ3) is 7.21. The van der Waals surface area contributed by atoms with E-state index in [0.29, 0.717) is 18.7 Å². The number of rotatable bonds is 11. The highest BCUT2D eigenvalue weighted by atomic mass is 32.2. The van der Waals surface area contributed by atoms with Crippen molar-refractivity contribution in [2.75, 3.05) is 5.75 Å². The highest BCUT2D eigenvalue weighted by Crippen LogP contribution is 2.19. The number of hydrogen-bond acceptors (Lipinski definition) is 3. The number of nitrogens with zero attached hydrogens (tertiary/aromatic N) is 1. The fraction of sp³-hybridized carbons (Fsp3) is 0.440. The molecule has 0 radical (unpaired) electrons. The number of benzene rings is 2. The number of amides is 2. The Morgan fingerprint density at radius 2 is 1.67 bits per heavy atom. The van der Waals surface area contributed by atoms with Crippen molar-refractivity contribution in [3.63, 3.8) is 0 Å². The zero-order valence-corrected chi connectivity index (χ0v) is 19.4. The first-order valence-corrected chi connectivity index (χ1v) is 11.9. The molecule has 2 atom stereocenters. The molecule has 2 aromatic carbocycles. The molecule has 30 heavy (non-hydrogen) atoms. The Morgan fingerprint density at radius 1 is 1.00 bits per heavy atom. The summed E-state index contributed by atoms with van der Waals surface area (Å²) < 4.78 is 0. The molecule has 162 valence electrons. The number of carbonyl (C=O) groups excluding carboxylic acids is 2. The number of aryl methyl sites for hydroxylation is 1. The topological polar surface area (TPSA) is 49.4 Å². The maximum absolute atomic E-state index is 13.2. The molecule has 0 aromatic heterocycles. The largest absolute Gasteiger partial charge is 0.352 e. The van der Waals surface area contributed by atoms with Crippen LogP contribution in [0.2, 0.25) is 0 Å². The lowest BCUT2D eigenvalue weighted by atomic mass is 10.1. The summed E-state index contributed by atoms with van der Waals surface area (Å²) in [7, 11) is 0. The predicted octanol–water partition coefficient (Wildman–Crippen LogP) is 4.95. The van der Waals surface area contributed by atoms with Gasteiger partial charge in [-0.2, -0.15) is 0 Å². The van der Waals surface area contributed by atoms with Crippen LogP contribution in [-0.2, 0) is 21.9 Å². The SMILES string of the molecule is CC[C@@H](C)NC(=O)[C@@H](CC)N(Cc1ccccc1C)C(=O)CSCc1ccccc1. The normalized spacial score (nSPS) is 12.8. The number of thioether (sulfide) groups is 1. The van der Waals surface area contributed by atoms with Crippen LogP contribution in [0.4, 0.5) is 0 Å². The average Bonchev–Trinajstić information content (AvgIpc) is 2.75. The van der Waals surface area contributed by atoms with Crippen LogP contribution in [0.5, 0.6) is 0 Å². The number of hydrogen-bond donors (Lipinski definition) is 1. The monoisotopic (exact) mass is 426 g/mol. The molecule has 0 aliphatic rings. The van der Waals surface area contributed by atoms with E-state index in [1.807, 2.05) is 70.2 Å². The summed E-state index contributed by atoms with van der Waals surface area (Å²) in [4.78, 5) is 27.9. The average molecular weight is 427 g/mol. The summed E-state index contributed by atoms with van der Waals surface area (Å²) >= 11 is 1.59. The first kappa shape index (κ1) is 24.0. The molecule has 0 saturated heterocycles. The van der Waals surface area contributed by atoms with Crippen LogP contribution in [0.1, 0.15) is 50.3 Å². The van der Waals surface area contributed by atoms with Gasteiger partial charge in [-0.1, -0.05) is 68.4 Å². The van der Waals surface area contributed by atoms with Crippen molar-refractivity contribution in [3.05, 3.63) is 71.3 Å². The Morgan fingerprint density at radius 3 is 2.30 bits per heavy atom. The molecule has 0 bridgehead atoms. The fourth-order valence-corrected chi connectivity index (χ4v) is 4.12. The van der Waals surface area contributed by atoms with Crippen molar-refractivity contribution in [2.45, 2.75) is 64.9 Å². The van der Waals surface area contributed by atoms with E-state index in [1.165, 1.54) is 5.56 Å². The molecule has 0 fully saturated rings. The first-order valence-electron chi connectivity index (χ1n) is 10.7. The molecule has 0 aliphatic carbocycles. The van der Waals surface area contributed by atoms with Crippen LogP contribution in [0.3, 0.4) is 0 Å². The maximum Gasteiger partial charge on any atom is 0.243 e. The molecule has 0 aliphatic heterocycles. The molecule has 4 nitrogen and oxygen atoms in total. The summed E-state index contributed by atoms with van der Waals surface area (Å²) in [6.45, 7) is 8.50. The lowest BCUT2D eigenvalue weighted by Gasteiger charge is -2.32. The quantitative estimate of drug-likeness (QED) is 0.553. The molecule has 2 aromatic rings. The molecule has 0 heterocycles. The minimum absolute atomic E-state index is 0.00494. The minimum Gasteiger partial charge on any atom is -0.352 e. The van der Waals surface area contributed by atoms with Crippen molar-refractivity contribution in [2.24, 2.45) is 0 Å². The summed E-state index contributed by atoms with van der Waals surface area (Å²) in [5.74, 6) is 1.07. The van der Waals surface area contributed by atoms with Gasteiger partial charge in [-0.05, 0) is 43.4 Å². The predicted molar refractivity (Wildman–Crippen MR) is 126 cm³/mol. The van der Waals surface area contributed by atoms with Gasteiger partial charge in [-0.25, -0.2) is 0 Å². The standard InChI is InChI=1S/C25H34N2O2S/c1-5-20(4)26-25(29)23(6-2)27(16-22-15-11-10-12-19(22)3)24(28)18-30-17-21-13-8-7-9-14-21/h7-15,20,23H,5-6,16-18H2,1-4H3,(H,26,29)/t20-,23-/m1/s1. The van der Waals surface area contributed by atoms with Gasteiger partial charge in [0, 0.05) is 18.3 Å². The van der Waals surface area contributed by atoms with Gasteiger partial charge in [0.25, 0.3) is 0 Å². The zero-order valence-electron chi connectivity index (χ0n) is 18.6. The lowest BCUT2D eigenvalue weighted by molar-refractivity contribution is -0.139. The van der Waals surface area contributed by atoms with Gasteiger partial charge in [0.05, 0.1) is 5.75 Å². The molecular formula is C25H34N2O2S. The molecule has 0 unspecified atom stereocenters. The van der Waals surface area contributed by atoms with Crippen molar-refractivity contribution < 1.29 is 9.59 Å². The van der Waals surface area contributed by atoms with Gasteiger partial charge in [0.2, 0.25) is 11.8 Å². The fourth-order valence-electron chi connectivity index (χ4n) is 3.24. The van der Waals surface area contributed by atoms with E-state index in [1.54, 1.807) is 16.7 Å². The second-order valence-electron chi connectivity index (χ2n) is 7.67. The first-order chi connectivity index (χ1) is 14.5. The highest BCUT2D eigenvalue weighted by molar-refractivity contribution is 7.99. The zero-order chi connectivity index (χ0) is 21.9. The Kier molecular flexibility index (Phi) is 9.95. The smallest absolute Gasteiger partial charge is 0.243 e. The molecule has 2 amide bonds. The Balaban J connectivity index is 2.15. The Labute approximate surface area is 185 Å². The van der Waals surface area contributed by atoms with Crippen molar-refractivity contribution in [1.29, 1.82) is 0 Å². The van der Waals surface area contributed by atoms with Crippen LogP contribution in [-0.4, -0.2) is 34.6 Å². The van der Waals surface area contributed by atoms with Crippen LogP contribution >= 0.6 is 11.8 Å². The van der Waals surface area contributed by atoms with Gasteiger partial charge < -0.3 is 10.2 Å². The van der Waals surface area contributed by atoms with E-state index in [-0.39, 0.29) is 17.9 Å². The van der Waals surface area contributed by atoms with Crippen molar-refractivity contribution in [3.8, 4) is 0 Å². The summed E-state index contributed by atoms with van der Waals surface area (Å²) in [5.41, 5.74) is 3.40. The Bertz CT molecular complexity index is 810. The van der Waals surface area contributed by atoms with E-state index < -0.39 is 6.04 Å². The van der Waals surface area contributed by atoms with Crippen molar-refractivity contribution in [1.82, 2.24) is 10.2 Å². The van der Waals surface area contributed by atoms with E-state index in [9.17, 15) is 9.59 Å². The van der Waals surface area contributed by atoms with E-state index in [0.717, 1.165) is 23.3 Å². The van der Waals surface area contributed by atoms with Gasteiger partial charge in [0.15, 0.2) is 0 Å². The van der Waals surface area contributed by atoms with Gasteiger partial charge in [-0.15, -0.1) is 11.8 Å². The summed E-state index contributed by atoms with van der Waals surface area (Å²) in [5, 5.41) is 3.06. The van der Waals surface area contributed by atoms with Crippen LogP contribution < -0.4 is 5.32 Å². The summed E-state index contributed by atoms with van der Waals surface area (Å²) in [6.07, 6.45) is 1.45. The molecule has 5 heteroatoms. The molecule has 0 spiro atoms. The number of nitrogens with one attached hydrogen (secondary N) is 1. The van der Waals surface area contributed by atoms with Gasteiger partial charge in [0.1, 0.15) is 6.04 Å². The van der Waals surface area contributed by atoms with Gasteiger partial charge in [-0.3, -0.25) is 9.59 Å². The third-order valence-electron chi connectivity index (χ3n) is 5.33. The van der Waals surface area contributed by atoms with Crippen LogP contribution in [0.15, 0.2) is 54.6 Å². The second-order valence-corrected chi connectivity index (χ2v) is 8.65. The van der Waals surface area contributed by atoms with Gasteiger partial charge >= 0.3 is 0 Å². The van der Waals surface area contributed by atoms with Crippen molar-refractivity contribution >= 4 is 23.6 Å². The van der Waals surface area contributed by atoms with Crippen LogP contribution in [0, 0.1) is 6.92 Å². The third-order valence-corrected chi connectivity index (χ3v) is 6.31. The molecule has 1 N–H and O–H groups in total. The summed E-state index contributed by atoms with van der Waals surface area (Å²) in [6, 6.07) is 17.8. The van der Waals surface area contributed by atoms with E-state index in [4.69, 9.17) is 0 Å². The second kappa shape index (κ2) is 12.4.